The van der Waals surface area contributed by atoms with Crippen LogP contribution in [0.2, 0.25) is 5.02 Å². The van der Waals surface area contributed by atoms with E-state index < -0.39 is 16.6 Å². The fourth-order valence-electron chi connectivity index (χ4n) is 15.4. The van der Waals surface area contributed by atoms with Gasteiger partial charge in [0.2, 0.25) is 5.96 Å². The van der Waals surface area contributed by atoms with Gasteiger partial charge in [0.05, 0.1) is 17.7 Å². The van der Waals surface area contributed by atoms with Gasteiger partial charge < -0.3 is 27.4 Å². The van der Waals surface area contributed by atoms with E-state index in [9.17, 15) is 19.2 Å². The molecular weight excluding hydrogens is 1270 g/mol. The number of hydrogen-bond donors (Lipinski definition) is 4. The van der Waals surface area contributed by atoms with Gasteiger partial charge in [-0.25, -0.2) is 24.9 Å². The normalized spacial score (nSPS) is 21.2. The highest BCUT2D eigenvalue weighted by atomic mass is 35.5. The van der Waals surface area contributed by atoms with Gasteiger partial charge >= 0.3 is 0 Å². The van der Waals surface area contributed by atoms with Gasteiger partial charge in [-0.3, -0.25) is 34.0 Å². The highest BCUT2D eigenvalue weighted by molar-refractivity contribution is 6.31. The number of carbonyl (C=O) groups excluding carboxylic acids is 4. The monoisotopic (exact) mass is 1360 g/mol. The average Bonchev–Trinajstić information content (AvgIpc) is 1.56. The molecule has 8 aromatic rings. The first-order valence-corrected chi connectivity index (χ1v) is 36.4. The Kier molecular flexibility index (Phi) is 22.2. The van der Waals surface area contributed by atoms with Crippen LogP contribution in [0.15, 0.2) is 209 Å². The molecule has 14 rings (SSSR count). The van der Waals surface area contributed by atoms with Crippen molar-refractivity contribution >= 4 is 75.5 Å². The Hall–Kier alpha value is -9.74. The van der Waals surface area contributed by atoms with Crippen LogP contribution < -0.4 is 27.4 Å². The van der Waals surface area contributed by atoms with E-state index in [-0.39, 0.29) is 48.0 Å². The highest BCUT2D eigenvalue weighted by Crippen LogP contribution is 2.53. The quantitative estimate of drug-likeness (QED) is 0.0501. The van der Waals surface area contributed by atoms with Crippen molar-refractivity contribution < 1.29 is 19.2 Å². The number of nitrogens with two attached hydrogens (primary N) is 3. The summed E-state index contributed by atoms with van der Waals surface area (Å²) in [4.78, 5) is 84.5. The van der Waals surface area contributed by atoms with E-state index in [1.54, 1.807) is 23.0 Å². The minimum absolute atomic E-state index is 0.0288. The van der Waals surface area contributed by atoms with E-state index in [4.69, 9.17) is 48.8 Å². The summed E-state index contributed by atoms with van der Waals surface area (Å²) in [7, 11) is 1.77. The Morgan fingerprint density at radius 3 is 1.93 bits per heavy atom. The Balaban J connectivity index is 0.000000143. The summed E-state index contributed by atoms with van der Waals surface area (Å²) >= 11 is 6.18. The molecule has 3 aliphatic heterocycles. The van der Waals surface area contributed by atoms with Crippen LogP contribution in [-0.4, -0.2) is 97.9 Å². The maximum atomic E-state index is 14.1. The van der Waals surface area contributed by atoms with Crippen molar-refractivity contribution in [1.29, 1.82) is 0 Å². The first kappa shape index (κ1) is 70.1. The number of likely N-dealkylation sites (N-methyl/N-ethyl adjacent to an activating group) is 1. The molecule has 6 aliphatic rings. The number of benzene rings is 6. The molecule has 2 aromatic heterocycles. The lowest BCUT2D eigenvalue weighted by Gasteiger charge is -2.35. The molecule has 0 bridgehead atoms. The van der Waals surface area contributed by atoms with Crippen molar-refractivity contribution in [3.8, 4) is 11.1 Å². The molecule has 3 aliphatic carbocycles. The van der Waals surface area contributed by atoms with Crippen molar-refractivity contribution in [2.75, 3.05) is 30.4 Å². The predicted octanol–water partition coefficient (Wildman–Crippen LogP) is 15.2. The summed E-state index contributed by atoms with van der Waals surface area (Å²) in [5.74, 6) is 2.91. The highest BCUT2D eigenvalue weighted by Gasteiger charge is 2.59. The maximum absolute atomic E-state index is 14.1. The van der Waals surface area contributed by atoms with Gasteiger partial charge in [0.25, 0.3) is 23.6 Å². The number of guanidine groups is 3. The number of para-hydroxylation sites is 1. The first-order chi connectivity index (χ1) is 48.6. The van der Waals surface area contributed by atoms with Crippen LogP contribution in [0.3, 0.4) is 0 Å². The number of fused-ring (bicyclic) bond motifs is 1. The standard InChI is InChI=1S/C31H36N4O2.C27H38N6O.C24H20ClN3O/c1-3-5-20-34(21-6-4-2)28(36)25-15-13-14-24(22-25)23-35-29(37)31(33-30(35)32,26-16-9-7-10-17-26)27-18-11-8-12-19-27;1-33-25(34)27(32-26(33)28,14-12-19-6-3-2-4-7-19)17-20-8-5-9-22(16-20)30-24-11-10-21-18-29-15-13-23(21)31-24;25-20-9-5-7-17(15-20)16-6-4-8-19(14-16)24(18-12-13-18)22(29)28(23(26)27-24)21-10-2-1-3-11-21/h7-19,22H,3-6,20-21,23H2,1-2H3,(H2,32,33);10-11,13,15,18-20,22H,2-9,12,14,16-17H2,1H3,(H2,28,32)(H,30,31);1-11,14-15,18H,12-13H2,(H2,26,27)/t;20-,22+,27+;/m.0./s1. The zero-order chi connectivity index (χ0) is 69.8. The molecule has 7 N–H and O–H groups in total. The SMILES string of the molecule is CCCCN(CCCC)C(=O)c1cccc(CN2C(=O)C(c3ccccc3)(c3ccccc3)N=C2N)c1.CN1C(=O)[C@@](CCC2CCCCC2)(C[C@H]2CCC[C@@H](Nc3ccc4cnccc4n3)C2)N=C1N.NC1=NC(c2cccc(-c3cccc(Cl)c3)c2)(C2CC2)C(=O)N1c1ccccc1. The van der Waals surface area contributed by atoms with Crippen LogP contribution in [0.4, 0.5) is 11.5 Å². The van der Waals surface area contributed by atoms with Crippen molar-refractivity contribution in [1.82, 2.24) is 24.7 Å². The molecule has 518 valence electrons. The van der Waals surface area contributed by atoms with Gasteiger partial charge in [-0.1, -0.05) is 205 Å². The zero-order valence-electron chi connectivity index (χ0n) is 57.9. The van der Waals surface area contributed by atoms with Crippen LogP contribution in [0.5, 0.6) is 0 Å². The smallest absolute Gasteiger partial charge is 0.266 e. The van der Waals surface area contributed by atoms with E-state index in [0.717, 1.165) is 158 Å². The number of unbranched alkanes of at least 4 members (excludes halogenated alkanes) is 2. The van der Waals surface area contributed by atoms with Crippen LogP contribution in [0.25, 0.3) is 22.0 Å². The molecule has 4 atom stereocenters. The molecule has 0 radical (unpaired) electrons. The van der Waals surface area contributed by atoms with Gasteiger partial charge in [-0.05, 0) is 170 Å². The number of nitrogens with one attached hydrogen (secondary N) is 1. The second-order valence-electron chi connectivity index (χ2n) is 27.8. The van der Waals surface area contributed by atoms with Crippen molar-refractivity contribution in [3.05, 3.63) is 227 Å². The lowest BCUT2D eigenvalue weighted by molar-refractivity contribution is -0.131. The number of anilines is 2. The maximum Gasteiger partial charge on any atom is 0.266 e. The van der Waals surface area contributed by atoms with Crippen LogP contribution in [-0.2, 0) is 32.0 Å². The number of hydrogen-bond acceptors (Lipinski definition) is 13. The predicted molar refractivity (Wildman–Crippen MR) is 401 cm³/mol. The van der Waals surface area contributed by atoms with E-state index in [1.165, 1.54) is 37.0 Å². The second-order valence-corrected chi connectivity index (χ2v) is 28.3. The summed E-state index contributed by atoms with van der Waals surface area (Å²) < 4.78 is 0. The minimum Gasteiger partial charge on any atom is -0.369 e. The van der Waals surface area contributed by atoms with Crippen molar-refractivity contribution in [3.63, 3.8) is 0 Å². The third kappa shape index (κ3) is 15.3. The summed E-state index contributed by atoms with van der Waals surface area (Å²) in [6.07, 6.45) is 23.4. The number of aliphatic imine (C=N–C) groups is 3. The number of carbonyl (C=O) groups is 4. The van der Waals surface area contributed by atoms with Gasteiger partial charge in [-0.2, -0.15) is 0 Å². The molecule has 17 nitrogen and oxygen atoms in total. The number of nitrogens with zero attached hydrogens (tertiary/aromatic N) is 9. The molecule has 100 heavy (non-hydrogen) atoms. The largest absolute Gasteiger partial charge is 0.369 e. The fraction of sp³-hybridized carbons (Fsp3) is 0.378. The third-order valence-electron chi connectivity index (χ3n) is 20.9. The number of rotatable bonds is 22. The van der Waals surface area contributed by atoms with Gasteiger partial charge in [0.15, 0.2) is 23.0 Å². The Bertz CT molecular complexity index is 4230. The van der Waals surface area contributed by atoms with Gasteiger partial charge in [-0.15, -0.1) is 0 Å². The molecule has 3 saturated carbocycles. The molecule has 1 unspecified atom stereocenters. The summed E-state index contributed by atoms with van der Waals surface area (Å²) in [5.41, 5.74) is 23.6. The summed E-state index contributed by atoms with van der Waals surface area (Å²) in [5, 5.41) is 5.40. The third-order valence-corrected chi connectivity index (χ3v) is 21.1. The van der Waals surface area contributed by atoms with Crippen LogP contribution in [0, 0.1) is 17.8 Å². The van der Waals surface area contributed by atoms with E-state index in [2.05, 4.69) is 30.2 Å². The lowest BCUT2D eigenvalue weighted by atomic mass is 9.74. The van der Waals surface area contributed by atoms with E-state index >= 15 is 0 Å². The molecule has 0 spiro atoms. The summed E-state index contributed by atoms with van der Waals surface area (Å²) in [6, 6.07) is 58.2. The molecule has 5 heterocycles. The van der Waals surface area contributed by atoms with Crippen LogP contribution >= 0.6 is 11.6 Å². The van der Waals surface area contributed by atoms with Crippen molar-refractivity contribution in [2.45, 2.75) is 159 Å². The number of pyridine rings is 2. The van der Waals surface area contributed by atoms with Crippen LogP contribution in [0.1, 0.15) is 162 Å². The second kappa shape index (κ2) is 31.6. The minimum atomic E-state index is -1.24. The molecule has 6 aromatic carbocycles. The Morgan fingerprint density at radius 1 is 0.620 bits per heavy atom. The van der Waals surface area contributed by atoms with Crippen molar-refractivity contribution in [2.24, 2.45) is 49.9 Å². The van der Waals surface area contributed by atoms with E-state index in [1.807, 2.05) is 187 Å². The molecule has 3 fully saturated rings. The van der Waals surface area contributed by atoms with Gasteiger partial charge in [0, 0.05) is 54.5 Å². The number of halogens is 1. The molecule has 4 amide bonds. The zero-order valence-corrected chi connectivity index (χ0v) is 58.7. The topological polar surface area (TPSA) is 234 Å². The molecule has 18 heteroatoms. The fourth-order valence-corrected chi connectivity index (χ4v) is 15.6. The average molecular weight is 1360 g/mol. The number of aromatic nitrogens is 2. The lowest BCUT2D eigenvalue weighted by Crippen LogP contribution is -2.44. The number of amides is 4. The molecular formula is C82H94ClN13O4. The first-order valence-electron chi connectivity index (χ1n) is 36.0. The Morgan fingerprint density at radius 2 is 1.27 bits per heavy atom. The van der Waals surface area contributed by atoms with E-state index in [0.29, 0.717) is 28.5 Å². The molecule has 0 saturated heterocycles. The summed E-state index contributed by atoms with van der Waals surface area (Å²) in [6.45, 7) is 6.00. The van der Waals surface area contributed by atoms with Gasteiger partial charge in [0.1, 0.15) is 11.4 Å². The Labute approximate surface area is 593 Å².